The fourth-order valence-corrected chi connectivity index (χ4v) is 3.13. The third-order valence-corrected chi connectivity index (χ3v) is 4.08. The Hall–Kier alpha value is -1.41. The van der Waals surface area contributed by atoms with Crippen molar-refractivity contribution in [1.29, 1.82) is 0 Å². The summed E-state index contributed by atoms with van der Waals surface area (Å²) in [6.07, 6.45) is -2.04. The highest BCUT2D eigenvalue weighted by atomic mass is 19.4. The van der Waals surface area contributed by atoms with Crippen LogP contribution in [0.3, 0.4) is 0 Å². The first-order valence-corrected chi connectivity index (χ1v) is 6.88. The van der Waals surface area contributed by atoms with E-state index in [1.807, 2.05) is 4.90 Å². The monoisotopic (exact) mass is 303 g/mol. The number of morpholine rings is 1. The topological polar surface area (TPSA) is 58.5 Å². The molecule has 3 atom stereocenters. The number of nitrogens with zero attached hydrogens (tertiary/aromatic N) is 3. The molecule has 0 radical (unpaired) electrons. The number of aliphatic hydroxyl groups excluding tert-OH is 1. The molecule has 1 N–H and O–H groups in total. The summed E-state index contributed by atoms with van der Waals surface area (Å²) >= 11 is 0. The minimum atomic E-state index is -4.55. The Bertz CT molecular complexity index is 512. The molecule has 2 aliphatic rings. The zero-order chi connectivity index (χ0) is 15.0. The molecule has 2 heterocycles. The van der Waals surface area contributed by atoms with E-state index in [0.717, 1.165) is 12.6 Å². The van der Waals surface area contributed by atoms with Crippen LogP contribution in [0.1, 0.15) is 18.7 Å². The van der Waals surface area contributed by atoms with Crippen molar-refractivity contribution in [2.24, 2.45) is 5.92 Å². The Labute approximate surface area is 119 Å². The first-order chi connectivity index (χ1) is 9.99. The predicted octanol–water partition coefficient (Wildman–Crippen LogP) is 1.47. The highest BCUT2D eigenvalue weighted by molar-refractivity contribution is 5.41. The molecular weight excluding hydrogens is 287 g/mol. The Morgan fingerprint density at radius 3 is 2.90 bits per heavy atom. The van der Waals surface area contributed by atoms with Crippen LogP contribution < -0.4 is 4.90 Å². The van der Waals surface area contributed by atoms with Crippen LogP contribution in [0.5, 0.6) is 0 Å². The van der Waals surface area contributed by atoms with E-state index in [2.05, 4.69) is 9.97 Å². The van der Waals surface area contributed by atoms with Gasteiger partial charge in [0.05, 0.1) is 18.8 Å². The van der Waals surface area contributed by atoms with Gasteiger partial charge in [-0.1, -0.05) is 0 Å². The molecule has 3 rings (SSSR count). The minimum Gasteiger partial charge on any atom is -0.396 e. The number of hydrogen-bond donors (Lipinski definition) is 1. The maximum absolute atomic E-state index is 12.7. The number of anilines is 1. The summed E-state index contributed by atoms with van der Waals surface area (Å²) in [7, 11) is 0. The number of aromatic nitrogens is 2. The summed E-state index contributed by atoms with van der Waals surface area (Å²) in [6.45, 7) is 1.01. The lowest BCUT2D eigenvalue weighted by Gasteiger charge is -2.38. The van der Waals surface area contributed by atoms with Crippen LogP contribution in [0.15, 0.2) is 12.3 Å². The molecule has 8 heteroatoms. The van der Waals surface area contributed by atoms with Crippen molar-refractivity contribution in [3.8, 4) is 0 Å². The molecule has 0 aromatic carbocycles. The van der Waals surface area contributed by atoms with Crippen molar-refractivity contribution >= 4 is 5.82 Å². The molecule has 1 saturated heterocycles. The lowest BCUT2D eigenvalue weighted by atomic mass is 10.1. The largest absolute Gasteiger partial charge is 0.451 e. The van der Waals surface area contributed by atoms with E-state index in [1.165, 1.54) is 6.07 Å². The fraction of sp³-hybridized carbons (Fsp3) is 0.692. The van der Waals surface area contributed by atoms with E-state index in [0.29, 0.717) is 19.6 Å². The number of rotatable bonds is 2. The highest BCUT2D eigenvalue weighted by Gasteiger charge is 2.42. The van der Waals surface area contributed by atoms with E-state index in [9.17, 15) is 18.3 Å². The molecule has 0 bridgehead atoms. The fourth-order valence-electron chi connectivity index (χ4n) is 3.13. The SMILES string of the molecule is OC[C@H]1C[C@@H]2OCCN(c3ccnc(C(F)(F)F)n3)[C@H]2C1. The lowest BCUT2D eigenvalue weighted by molar-refractivity contribution is -0.144. The van der Waals surface area contributed by atoms with Gasteiger partial charge in [0.15, 0.2) is 0 Å². The molecule has 1 aliphatic heterocycles. The number of halogens is 3. The summed E-state index contributed by atoms with van der Waals surface area (Å²) in [5.41, 5.74) is 0. The summed E-state index contributed by atoms with van der Waals surface area (Å²) in [6, 6.07) is 1.45. The highest BCUT2D eigenvalue weighted by Crippen LogP contribution is 2.36. The van der Waals surface area contributed by atoms with E-state index in [4.69, 9.17) is 4.74 Å². The van der Waals surface area contributed by atoms with Crippen molar-refractivity contribution in [3.05, 3.63) is 18.1 Å². The lowest BCUT2D eigenvalue weighted by Crippen LogP contribution is -2.49. The molecule has 0 amide bonds. The quantitative estimate of drug-likeness (QED) is 0.896. The molecule has 1 aromatic rings. The normalized spacial score (nSPS) is 29.5. The van der Waals surface area contributed by atoms with Gasteiger partial charge in [-0.2, -0.15) is 13.2 Å². The van der Waals surface area contributed by atoms with Crippen LogP contribution in [-0.4, -0.2) is 47.0 Å². The predicted molar refractivity (Wildman–Crippen MR) is 67.7 cm³/mol. The van der Waals surface area contributed by atoms with E-state index < -0.39 is 12.0 Å². The van der Waals surface area contributed by atoms with Gasteiger partial charge < -0.3 is 14.7 Å². The maximum Gasteiger partial charge on any atom is 0.451 e. The molecule has 2 fully saturated rings. The first-order valence-electron chi connectivity index (χ1n) is 6.88. The van der Waals surface area contributed by atoms with Gasteiger partial charge in [-0.15, -0.1) is 0 Å². The van der Waals surface area contributed by atoms with Crippen LogP contribution in [0.2, 0.25) is 0 Å². The standard InChI is InChI=1S/C13H16F3N3O2/c14-13(15,16)12-17-2-1-11(18-12)19-3-4-21-10-6-8(7-20)5-9(10)19/h1-2,8-10,20H,3-7H2/t8-,9+,10+/m1/s1. The van der Waals surface area contributed by atoms with Gasteiger partial charge in [-0.3, -0.25) is 0 Å². The summed E-state index contributed by atoms with van der Waals surface area (Å²) in [5, 5.41) is 9.27. The molecule has 1 aliphatic carbocycles. The molecular formula is C13H16F3N3O2. The number of hydrogen-bond acceptors (Lipinski definition) is 5. The Morgan fingerprint density at radius 2 is 2.19 bits per heavy atom. The van der Waals surface area contributed by atoms with Gasteiger partial charge in [0.25, 0.3) is 0 Å². The molecule has 116 valence electrons. The summed E-state index contributed by atoms with van der Waals surface area (Å²) in [4.78, 5) is 8.79. The molecule has 21 heavy (non-hydrogen) atoms. The Balaban J connectivity index is 1.86. The smallest absolute Gasteiger partial charge is 0.396 e. The average Bonchev–Trinajstić information content (AvgIpc) is 2.89. The second kappa shape index (κ2) is 5.42. The van der Waals surface area contributed by atoms with Crippen molar-refractivity contribution in [1.82, 2.24) is 9.97 Å². The summed E-state index contributed by atoms with van der Waals surface area (Å²) < 4.78 is 43.8. The molecule has 1 saturated carbocycles. The molecule has 1 aromatic heterocycles. The molecule has 0 unspecified atom stereocenters. The van der Waals surface area contributed by atoms with Gasteiger partial charge in [-0.25, -0.2) is 9.97 Å². The van der Waals surface area contributed by atoms with E-state index >= 15 is 0 Å². The molecule has 5 nitrogen and oxygen atoms in total. The van der Waals surface area contributed by atoms with Crippen LogP contribution in [0.4, 0.5) is 19.0 Å². The second-order valence-electron chi connectivity index (χ2n) is 5.43. The number of fused-ring (bicyclic) bond motifs is 1. The minimum absolute atomic E-state index is 0.0353. The number of aliphatic hydroxyl groups is 1. The molecule has 0 spiro atoms. The average molecular weight is 303 g/mol. The van der Waals surface area contributed by atoms with Crippen LogP contribution in [-0.2, 0) is 10.9 Å². The number of alkyl halides is 3. The van der Waals surface area contributed by atoms with Crippen molar-refractivity contribution in [2.75, 3.05) is 24.7 Å². The van der Waals surface area contributed by atoms with E-state index in [-0.39, 0.29) is 30.5 Å². The van der Waals surface area contributed by atoms with Crippen molar-refractivity contribution < 1.29 is 23.0 Å². The zero-order valence-corrected chi connectivity index (χ0v) is 11.3. The third kappa shape index (κ3) is 2.82. The first kappa shape index (κ1) is 14.5. The second-order valence-corrected chi connectivity index (χ2v) is 5.43. The van der Waals surface area contributed by atoms with Gasteiger partial charge in [0.2, 0.25) is 5.82 Å². The van der Waals surface area contributed by atoms with Crippen molar-refractivity contribution in [2.45, 2.75) is 31.2 Å². The van der Waals surface area contributed by atoms with Gasteiger partial charge in [-0.05, 0) is 24.8 Å². The van der Waals surface area contributed by atoms with Gasteiger partial charge in [0.1, 0.15) is 5.82 Å². The number of ether oxygens (including phenoxy) is 1. The zero-order valence-electron chi connectivity index (χ0n) is 11.3. The van der Waals surface area contributed by atoms with Crippen LogP contribution >= 0.6 is 0 Å². The van der Waals surface area contributed by atoms with Crippen LogP contribution in [0.25, 0.3) is 0 Å². The third-order valence-electron chi connectivity index (χ3n) is 4.08. The van der Waals surface area contributed by atoms with Crippen molar-refractivity contribution in [3.63, 3.8) is 0 Å². The maximum atomic E-state index is 12.7. The summed E-state index contributed by atoms with van der Waals surface area (Å²) in [5.74, 6) is -0.724. The Kier molecular flexibility index (Phi) is 3.75. The van der Waals surface area contributed by atoms with Gasteiger partial charge >= 0.3 is 6.18 Å². The Morgan fingerprint density at radius 1 is 1.38 bits per heavy atom. The van der Waals surface area contributed by atoms with Gasteiger partial charge in [0, 0.05) is 19.3 Å². The van der Waals surface area contributed by atoms with E-state index in [1.54, 1.807) is 0 Å². The van der Waals surface area contributed by atoms with Crippen LogP contribution in [0, 0.1) is 5.92 Å².